The van der Waals surface area contributed by atoms with Gasteiger partial charge in [0, 0.05) is 18.3 Å². The zero-order valence-electron chi connectivity index (χ0n) is 12.1. The van der Waals surface area contributed by atoms with Crippen LogP contribution in [0.3, 0.4) is 0 Å². The summed E-state index contributed by atoms with van der Waals surface area (Å²) in [7, 11) is 0. The lowest BCUT2D eigenvalue weighted by Crippen LogP contribution is -2.39. The van der Waals surface area contributed by atoms with Gasteiger partial charge in [0.05, 0.1) is 11.0 Å². The van der Waals surface area contributed by atoms with Crippen LogP contribution in [-0.2, 0) is 4.79 Å². The third-order valence-electron chi connectivity index (χ3n) is 2.71. The van der Waals surface area contributed by atoms with Crippen molar-refractivity contribution in [2.24, 2.45) is 5.92 Å². The number of amides is 1. The molecule has 0 aliphatic rings. The number of hydrogen-bond acceptors (Lipinski definition) is 5. The molecule has 0 saturated heterocycles. The standard InChI is InChI=1S/C13H20N4O3/c1-8(2)6-15-13(18)10(4)16-12-5-11(17(19)20)9(3)7-14-12/h5,7-8,10H,6H2,1-4H3,(H,14,16)(H,15,18). The van der Waals surface area contributed by atoms with E-state index in [0.717, 1.165) is 0 Å². The summed E-state index contributed by atoms with van der Waals surface area (Å²) in [6, 6.07) is 0.824. The van der Waals surface area contributed by atoms with Gasteiger partial charge in [-0.1, -0.05) is 13.8 Å². The normalized spacial score (nSPS) is 12.1. The Morgan fingerprint density at radius 3 is 2.65 bits per heavy atom. The average Bonchev–Trinajstić information content (AvgIpc) is 2.37. The van der Waals surface area contributed by atoms with Crippen molar-refractivity contribution in [2.75, 3.05) is 11.9 Å². The summed E-state index contributed by atoms with van der Waals surface area (Å²) < 4.78 is 0. The van der Waals surface area contributed by atoms with Crippen molar-refractivity contribution in [1.29, 1.82) is 0 Å². The van der Waals surface area contributed by atoms with Gasteiger partial charge in [0.25, 0.3) is 5.69 Å². The van der Waals surface area contributed by atoms with Gasteiger partial charge in [-0.15, -0.1) is 0 Å². The van der Waals surface area contributed by atoms with Crippen LogP contribution in [0.4, 0.5) is 11.5 Å². The molecule has 0 aliphatic carbocycles. The van der Waals surface area contributed by atoms with Crippen LogP contribution in [0.15, 0.2) is 12.3 Å². The molecule has 7 nitrogen and oxygen atoms in total. The summed E-state index contributed by atoms with van der Waals surface area (Å²) >= 11 is 0. The van der Waals surface area contributed by atoms with E-state index in [-0.39, 0.29) is 11.6 Å². The number of aryl methyl sites for hydroxylation is 1. The Bertz CT molecular complexity index is 502. The zero-order chi connectivity index (χ0) is 15.3. The number of carbonyl (C=O) groups excluding carboxylic acids is 1. The highest BCUT2D eigenvalue weighted by atomic mass is 16.6. The number of carbonyl (C=O) groups is 1. The van der Waals surface area contributed by atoms with Gasteiger partial charge in [0.1, 0.15) is 11.9 Å². The Hall–Kier alpha value is -2.18. The monoisotopic (exact) mass is 280 g/mol. The quantitative estimate of drug-likeness (QED) is 0.612. The van der Waals surface area contributed by atoms with Crippen LogP contribution in [0.5, 0.6) is 0 Å². The maximum atomic E-state index is 11.8. The number of nitrogens with zero attached hydrogens (tertiary/aromatic N) is 2. The maximum Gasteiger partial charge on any atom is 0.277 e. The molecular weight excluding hydrogens is 260 g/mol. The molecule has 2 N–H and O–H groups in total. The van der Waals surface area contributed by atoms with Crippen molar-refractivity contribution < 1.29 is 9.72 Å². The highest BCUT2D eigenvalue weighted by molar-refractivity contribution is 5.83. The molecule has 20 heavy (non-hydrogen) atoms. The van der Waals surface area contributed by atoms with Gasteiger partial charge < -0.3 is 10.6 Å². The molecule has 1 aromatic rings. The molecule has 0 aromatic carbocycles. The summed E-state index contributed by atoms with van der Waals surface area (Å²) in [4.78, 5) is 26.2. The molecule has 1 rings (SSSR count). The summed E-state index contributed by atoms with van der Waals surface area (Å²) in [6.07, 6.45) is 1.42. The first-order valence-corrected chi connectivity index (χ1v) is 6.46. The van der Waals surface area contributed by atoms with Crippen molar-refractivity contribution in [3.05, 3.63) is 27.9 Å². The Kier molecular flexibility index (Phi) is 5.42. The van der Waals surface area contributed by atoms with Crippen molar-refractivity contribution in [1.82, 2.24) is 10.3 Å². The molecule has 1 heterocycles. The topological polar surface area (TPSA) is 97.2 Å². The molecule has 0 fully saturated rings. The van der Waals surface area contributed by atoms with Gasteiger partial charge >= 0.3 is 0 Å². The molecular formula is C13H20N4O3. The van der Waals surface area contributed by atoms with E-state index in [4.69, 9.17) is 0 Å². The third-order valence-corrected chi connectivity index (χ3v) is 2.71. The first kappa shape index (κ1) is 15.9. The molecule has 1 amide bonds. The maximum absolute atomic E-state index is 11.8. The van der Waals surface area contributed by atoms with Gasteiger partial charge in [0.15, 0.2) is 0 Å². The van der Waals surface area contributed by atoms with E-state index in [1.165, 1.54) is 12.3 Å². The van der Waals surface area contributed by atoms with Crippen LogP contribution in [0, 0.1) is 23.0 Å². The van der Waals surface area contributed by atoms with Gasteiger partial charge in [-0.3, -0.25) is 14.9 Å². The number of rotatable bonds is 6. The largest absolute Gasteiger partial charge is 0.358 e. The molecule has 1 aromatic heterocycles. The van der Waals surface area contributed by atoms with Gasteiger partial charge in [0.2, 0.25) is 5.91 Å². The van der Waals surface area contributed by atoms with E-state index in [1.54, 1.807) is 13.8 Å². The highest BCUT2D eigenvalue weighted by Crippen LogP contribution is 2.20. The lowest BCUT2D eigenvalue weighted by atomic mass is 10.2. The van der Waals surface area contributed by atoms with E-state index in [0.29, 0.717) is 23.8 Å². The minimum atomic E-state index is -0.511. The predicted molar refractivity (Wildman–Crippen MR) is 76.6 cm³/mol. The summed E-state index contributed by atoms with van der Waals surface area (Å²) in [5.74, 6) is 0.517. The SMILES string of the molecule is Cc1cnc(NC(C)C(=O)NCC(C)C)cc1[N+](=O)[O-]. The van der Waals surface area contributed by atoms with E-state index in [1.807, 2.05) is 13.8 Å². The second-order valence-electron chi connectivity index (χ2n) is 5.12. The smallest absolute Gasteiger partial charge is 0.277 e. The van der Waals surface area contributed by atoms with Crippen LogP contribution in [0.25, 0.3) is 0 Å². The number of nitrogens with one attached hydrogen (secondary N) is 2. The van der Waals surface area contributed by atoms with E-state index in [2.05, 4.69) is 15.6 Å². The second-order valence-corrected chi connectivity index (χ2v) is 5.12. The van der Waals surface area contributed by atoms with E-state index in [9.17, 15) is 14.9 Å². The van der Waals surface area contributed by atoms with E-state index >= 15 is 0 Å². The number of aromatic nitrogens is 1. The van der Waals surface area contributed by atoms with Crippen LogP contribution >= 0.6 is 0 Å². The lowest BCUT2D eigenvalue weighted by molar-refractivity contribution is -0.385. The Balaban J connectivity index is 2.70. The van der Waals surface area contributed by atoms with Crippen LogP contribution in [0.2, 0.25) is 0 Å². The number of anilines is 1. The summed E-state index contributed by atoms with van der Waals surface area (Å²) in [5, 5.41) is 16.5. The highest BCUT2D eigenvalue weighted by Gasteiger charge is 2.16. The third kappa shape index (κ3) is 4.49. The number of hydrogen-bond donors (Lipinski definition) is 2. The molecule has 1 unspecified atom stereocenters. The Morgan fingerprint density at radius 2 is 2.10 bits per heavy atom. The Labute approximate surface area is 117 Å². The van der Waals surface area contributed by atoms with Crippen molar-refractivity contribution >= 4 is 17.4 Å². The van der Waals surface area contributed by atoms with Gasteiger partial charge in [-0.25, -0.2) is 4.98 Å². The fraction of sp³-hybridized carbons (Fsp3) is 0.538. The van der Waals surface area contributed by atoms with Crippen molar-refractivity contribution in [2.45, 2.75) is 33.7 Å². The zero-order valence-corrected chi connectivity index (χ0v) is 12.1. The molecule has 0 saturated carbocycles. The predicted octanol–water partition coefficient (Wildman–Crippen LogP) is 1.87. The second kappa shape index (κ2) is 6.83. The van der Waals surface area contributed by atoms with Gasteiger partial charge in [-0.2, -0.15) is 0 Å². The minimum absolute atomic E-state index is 0.0164. The molecule has 7 heteroatoms. The average molecular weight is 280 g/mol. The van der Waals surface area contributed by atoms with Crippen LogP contribution in [0.1, 0.15) is 26.3 Å². The first-order chi connectivity index (χ1) is 9.31. The fourth-order valence-corrected chi connectivity index (χ4v) is 1.53. The molecule has 1 atom stereocenters. The van der Waals surface area contributed by atoms with Crippen LogP contribution in [-0.4, -0.2) is 28.4 Å². The van der Waals surface area contributed by atoms with E-state index < -0.39 is 11.0 Å². The summed E-state index contributed by atoms with van der Waals surface area (Å²) in [6.45, 7) is 7.90. The molecule has 0 bridgehead atoms. The lowest BCUT2D eigenvalue weighted by Gasteiger charge is -2.15. The van der Waals surface area contributed by atoms with Crippen molar-refractivity contribution in [3.8, 4) is 0 Å². The molecule has 0 radical (unpaired) electrons. The van der Waals surface area contributed by atoms with Gasteiger partial charge in [-0.05, 0) is 19.8 Å². The number of pyridine rings is 1. The first-order valence-electron chi connectivity index (χ1n) is 6.46. The summed E-state index contributed by atoms with van der Waals surface area (Å²) in [5.41, 5.74) is 0.467. The fourth-order valence-electron chi connectivity index (χ4n) is 1.53. The Morgan fingerprint density at radius 1 is 1.45 bits per heavy atom. The van der Waals surface area contributed by atoms with Crippen LogP contribution < -0.4 is 10.6 Å². The van der Waals surface area contributed by atoms with Crippen molar-refractivity contribution in [3.63, 3.8) is 0 Å². The number of nitro groups is 1. The molecule has 0 spiro atoms. The molecule has 110 valence electrons. The minimum Gasteiger partial charge on any atom is -0.358 e. The molecule has 0 aliphatic heterocycles.